The fourth-order valence-corrected chi connectivity index (χ4v) is 1.95. The molecule has 0 fully saturated rings. The van der Waals surface area contributed by atoms with Crippen molar-refractivity contribution in [2.45, 2.75) is 26.7 Å². The molecule has 1 rings (SSSR count). The highest BCUT2D eigenvalue weighted by Gasteiger charge is 2.15. The number of hydrogen-bond acceptors (Lipinski definition) is 2. The molecule has 0 aliphatic rings. The molecule has 0 saturated carbocycles. The topological polar surface area (TPSA) is 55.1 Å². The molecule has 0 aliphatic carbocycles. The van der Waals surface area contributed by atoms with Crippen molar-refractivity contribution in [1.82, 2.24) is 5.43 Å². The Bertz CT molecular complexity index is 324. The van der Waals surface area contributed by atoms with Gasteiger partial charge in [-0.2, -0.15) is 0 Å². The standard InChI is InChI=1S/C13H20N2O/c1-10(8-11(2)13(16)15-14)9-12-6-4-3-5-7-12/h3-7,10-11H,8-9,14H2,1-2H3,(H,15,16). The van der Waals surface area contributed by atoms with E-state index in [1.165, 1.54) is 5.56 Å². The second-order valence-corrected chi connectivity index (χ2v) is 4.44. The highest BCUT2D eigenvalue weighted by molar-refractivity contribution is 5.77. The number of benzene rings is 1. The molecule has 0 spiro atoms. The van der Waals surface area contributed by atoms with Gasteiger partial charge in [0.15, 0.2) is 0 Å². The summed E-state index contributed by atoms with van der Waals surface area (Å²) >= 11 is 0. The van der Waals surface area contributed by atoms with Crippen LogP contribution in [0.5, 0.6) is 0 Å². The third kappa shape index (κ3) is 4.03. The van der Waals surface area contributed by atoms with E-state index in [1.807, 2.05) is 25.1 Å². The van der Waals surface area contributed by atoms with Crippen molar-refractivity contribution in [3.05, 3.63) is 35.9 Å². The van der Waals surface area contributed by atoms with Crippen LogP contribution in [0.25, 0.3) is 0 Å². The summed E-state index contributed by atoms with van der Waals surface area (Å²) < 4.78 is 0. The first kappa shape index (κ1) is 12.7. The lowest BCUT2D eigenvalue weighted by Crippen LogP contribution is -2.35. The van der Waals surface area contributed by atoms with Gasteiger partial charge in [0, 0.05) is 5.92 Å². The van der Waals surface area contributed by atoms with Gasteiger partial charge in [-0.05, 0) is 24.3 Å². The molecule has 3 N–H and O–H groups in total. The Hall–Kier alpha value is -1.35. The van der Waals surface area contributed by atoms with E-state index < -0.39 is 0 Å². The molecule has 0 radical (unpaired) electrons. The molecule has 2 unspecified atom stereocenters. The quantitative estimate of drug-likeness (QED) is 0.452. The minimum atomic E-state index is -0.0834. The van der Waals surface area contributed by atoms with E-state index in [2.05, 4.69) is 24.5 Å². The molecule has 1 amide bonds. The van der Waals surface area contributed by atoms with Crippen LogP contribution in [-0.4, -0.2) is 5.91 Å². The average Bonchev–Trinajstić information content (AvgIpc) is 2.29. The monoisotopic (exact) mass is 220 g/mol. The number of nitrogens with two attached hydrogens (primary N) is 1. The zero-order valence-electron chi connectivity index (χ0n) is 9.94. The fraction of sp³-hybridized carbons (Fsp3) is 0.462. The minimum Gasteiger partial charge on any atom is -0.294 e. The molecule has 0 aromatic heterocycles. The van der Waals surface area contributed by atoms with Gasteiger partial charge in [0.1, 0.15) is 0 Å². The number of amides is 1. The molecule has 1 aromatic rings. The van der Waals surface area contributed by atoms with E-state index in [9.17, 15) is 4.79 Å². The Morgan fingerprint density at radius 3 is 2.50 bits per heavy atom. The van der Waals surface area contributed by atoms with Crippen molar-refractivity contribution in [2.24, 2.45) is 17.7 Å². The molecule has 16 heavy (non-hydrogen) atoms. The van der Waals surface area contributed by atoms with Crippen molar-refractivity contribution >= 4 is 5.91 Å². The summed E-state index contributed by atoms with van der Waals surface area (Å²) in [6.45, 7) is 4.07. The zero-order valence-corrected chi connectivity index (χ0v) is 9.94. The van der Waals surface area contributed by atoms with Crippen LogP contribution < -0.4 is 11.3 Å². The van der Waals surface area contributed by atoms with Crippen molar-refractivity contribution in [2.75, 3.05) is 0 Å². The summed E-state index contributed by atoms with van der Waals surface area (Å²) in [5, 5.41) is 0. The summed E-state index contributed by atoms with van der Waals surface area (Å²) in [6, 6.07) is 10.3. The Balaban J connectivity index is 2.42. The molecular formula is C13H20N2O. The summed E-state index contributed by atoms with van der Waals surface area (Å²) in [4.78, 5) is 11.3. The van der Waals surface area contributed by atoms with Gasteiger partial charge in [-0.25, -0.2) is 5.84 Å². The number of carbonyl (C=O) groups is 1. The van der Waals surface area contributed by atoms with E-state index in [1.54, 1.807) is 0 Å². The minimum absolute atomic E-state index is 0.0243. The molecule has 2 atom stereocenters. The van der Waals surface area contributed by atoms with Crippen molar-refractivity contribution in [1.29, 1.82) is 0 Å². The Labute approximate surface area is 97.0 Å². The first-order chi connectivity index (χ1) is 7.63. The van der Waals surface area contributed by atoms with E-state index >= 15 is 0 Å². The second kappa shape index (κ2) is 6.28. The van der Waals surface area contributed by atoms with Gasteiger partial charge in [-0.1, -0.05) is 44.2 Å². The van der Waals surface area contributed by atoms with Gasteiger partial charge in [0.05, 0.1) is 0 Å². The van der Waals surface area contributed by atoms with Crippen molar-refractivity contribution in [3.8, 4) is 0 Å². The SMILES string of the molecule is CC(Cc1ccccc1)CC(C)C(=O)NN. The maximum Gasteiger partial charge on any atom is 0.236 e. The Morgan fingerprint density at radius 2 is 1.94 bits per heavy atom. The number of nitrogens with one attached hydrogen (secondary N) is 1. The predicted molar refractivity (Wildman–Crippen MR) is 65.4 cm³/mol. The van der Waals surface area contributed by atoms with Gasteiger partial charge >= 0.3 is 0 Å². The van der Waals surface area contributed by atoms with Gasteiger partial charge < -0.3 is 0 Å². The lowest BCUT2D eigenvalue weighted by Gasteiger charge is -2.15. The summed E-state index contributed by atoms with van der Waals surface area (Å²) in [7, 11) is 0. The zero-order chi connectivity index (χ0) is 12.0. The van der Waals surface area contributed by atoms with E-state index in [-0.39, 0.29) is 11.8 Å². The second-order valence-electron chi connectivity index (χ2n) is 4.44. The predicted octanol–water partition coefficient (Wildman–Crippen LogP) is 1.88. The first-order valence-electron chi connectivity index (χ1n) is 5.68. The van der Waals surface area contributed by atoms with E-state index in [4.69, 9.17) is 5.84 Å². The Kier molecular flexibility index (Phi) is 4.99. The molecule has 1 aromatic carbocycles. The van der Waals surface area contributed by atoms with E-state index in [0.29, 0.717) is 5.92 Å². The molecule has 0 heterocycles. The first-order valence-corrected chi connectivity index (χ1v) is 5.68. The fourth-order valence-electron chi connectivity index (χ4n) is 1.95. The molecule has 3 nitrogen and oxygen atoms in total. The number of hydrazine groups is 1. The highest BCUT2D eigenvalue weighted by Crippen LogP contribution is 2.16. The maximum atomic E-state index is 11.3. The lowest BCUT2D eigenvalue weighted by molar-refractivity contribution is -0.125. The summed E-state index contributed by atoms with van der Waals surface area (Å²) in [5.74, 6) is 5.48. The van der Waals surface area contributed by atoms with Crippen LogP contribution in [0.3, 0.4) is 0 Å². The molecule has 0 saturated heterocycles. The largest absolute Gasteiger partial charge is 0.294 e. The number of hydrogen-bond donors (Lipinski definition) is 2. The van der Waals surface area contributed by atoms with Crippen LogP contribution >= 0.6 is 0 Å². The highest BCUT2D eigenvalue weighted by atomic mass is 16.2. The molecule has 0 aliphatic heterocycles. The van der Waals surface area contributed by atoms with Gasteiger partial charge in [-0.15, -0.1) is 0 Å². The van der Waals surface area contributed by atoms with E-state index in [0.717, 1.165) is 12.8 Å². The van der Waals surface area contributed by atoms with Crippen molar-refractivity contribution in [3.63, 3.8) is 0 Å². The summed E-state index contributed by atoms with van der Waals surface area (Å²) in [6.07, 6.45) is 1.86. The lowest BCUT2D eigenvalue weighted by atomic mass is 9.91. The van der Waals surface area contributed by atoms with Crippen LogP contribution in [0.1, 0.15) is 25.8 Å². The molecular weight excluding hydrogens is 200 g/mol. The van der Waals surface area contributed by atoms with Crippen LogP contribution in [0, 0.1) is 11.8 Å². The maximum absolute atomic E-state index is 11.3. The third-order valence-corrected chi connectivity index (χ3v) is 2.77. The summed E-state index contributed by atoms with van der Waals surface area (Å²) in [5.41, 5.74) is 3.51. The average molecular weight is 220 g/mol. The number of carbonyl (C=O) groups excluding carboxylic acids is 1. The molecule has 3 heteroatoms. The van der Waals surface area contributed by atoms with Crippen LogP contribution in [-0.2, 0) is 11.2 Å². The normalized spacial score (nSPS) is 14.2. The van der Waals surface area contributed by atoms with Crippen molar-refractivity contribution < 1.29 is 4.79 Å². The van der Waals surface area contributed by atoms with Gasteiger partial charge in [-0.3, -0.25) is 10.2 Å². The van der Waals surface area contributed by atoms with Crippen LogP contribution in [0.2, 0.25) is 0 Å². The van der Waals surface area contributed by atoms with Crippen LogP contribution in [0.15, 0.2) is 30.3 Å². The van der Waals surface area contributed by atoms with Gasteiger partial charge in [0.25, 0.3) is 0 Å². The molecule has 88 valence electrons. The smallest absolute Gasteiger partial charge is 0.236 e. The number of rotatable bonds is 5. The van der Waals surface area contributed by atoms with Crippen LogP contribution in [0.4, 0.5) is 0 Å². The Morgan fingerprint density at radius 1 is 1.31 bits per heavy atom. The molecule has 0 bridgehead atoms. The van der Waals surface area contributed by atoms with Gasteiger partial charge in [0.2, 0.25) is 5.91 Å². The third-order valence-electron chi connectivity index (χ3n) is 2.77.